The van der Waals surface area contributed by atoms with E-state index < -0.39 is 0 Å². The van der Waals surface area contributed by atoms with Gasteiger partial charge >= 0.3 is 5.97 Å². The Bertz CT molecular complexity index is 173. The number of hydrogen-bond donors (Lipinski definition) is 0. The third-order valence-electron chi connectivity index (χ3n) is 2.22. The number of rotatable bonds is 0. The predicted octanol–water partition coefficient (Wildman–Crippen LogP) is 2.83. The average molecular weight is 182 g/mol. The van der Waals surface area contributed by atoms with Crippen LogP contribution in [-0.4, -0.2) is 12.6 Å². The SMILES string of the molecule is O=C1CCCCCC/C=C/CCO1. The van der Waals surface area contributed by atoms with Crippen molar-refractivity contribution in [3.05, 3.63) is 12.2 Å². The van der Waals surface area contributed by atoms with E-state index in [9.17, 15) is 4.79 Å². The second kappa shape index (κ2) is 6.70. The topological polar surface area (TPSA) is 26.3 Å². The second-order valence-corrected chi connectivity index (χ2v) is 3.43. The lowest BCUT2D eigenvalue weighted by atomic mass is 10.1. The maximum absolute atomic E-state index is 11.1. The molecule has 0 aromatic rings. The highest BCUT2D eigenvalue weighted by atomic mass is 16.5. The predicted molar refractivity (Wildman–Crippen MR) is 52.4 cm³/mol. The summed E-state index contributed by atoms with van der Waals surface area (Å²) >= 11 is 0. The zero-order valence-electron chi connectivity index (χ0n) is 8.13. The lowest BCUT2D eigenvalue weighted by Crippen LogP contribution is -2.05. The van der Waals surface area contributed by atoms with E-state index in [1.165, 1.54) is 19.3 Å². The van der Waals surface area contributed by atoms with Crippen LogP contribution < -0.4 is 0 Å². The Labute approximate surface area is 80.0 Å². The van der Waals surface area contributed by atoms with Crippen molar-refractivity contribution in [1.82, 2.24) is 0 Å². The Morgan fingerprint density at radius 1 is 1.00 bits per heavy atom. The molecule has 13 heavy (non-hydrogen) atoms. The summed E-state index contributed by atoms with van der Waals surface area (Å²) in [5.74, 6) is -0.0334. The van der Waals surface area contributed by atoms with Crippen LogP contribution in [0.5, 0.6) is 0 Å². The lowest BCUT2D eigenvalue weighted by Gasteiger charge is -2.04. The van der Waals surface area contributed by atoms with E-state index >= 15 is 0 Å². The third kappa shape index (κ3) is 5.45. The van der Waals surface area contributed by atoms with Crippen molar-refractivity contribution in [1.29, 1.82) is 0 Å². The first kappa shape index (κ1) is 10.3. The monoisotopic (exact) mass is 182 g/mol. The number of allylic oxidation sites excluding steroid dienone is 1. The molecule has 0 unspecified atom stereocenters. The van der Waals surface area contributed by atoms with Gasteiger partial charge in [0, 0.05) is 6.42 Å². The van der Waals surface area contributed by atoms with Crippen molar-refractivity contribution in [2.75, 3.05) is 6.61 Å². The molecular formula is C11H18O2. The molecule has 1 heterocycles. The highest BCUT2D eigenvalue weighted by Crippen LogP contribution is 2.08. The van der Waals surface area contributed by atoms with E-state index in [1.54, 1.807) is 0 Å². The van der Waals surface area contributed by atoms with Crippen LogP contribution in [0.2, 0.25) is 0 Å². The molecular weight excluding hydrogens is 164 g/mol. The van der Waals surface area contributed by atoms with Gasteiger partial charge in [-0.2, -0.15) is 0 Å². The Morgan fingerprint density at radius 2 is 1.77 bits per heavy atom. The normalized spacial score (nSPS) is 23.8. The number of hydrogen-bond acceptors (Lipinski definition) is 2. The molecule has 0 amide bonds. The molecule has 0 bridgehead atoms. The van der Waals surface area contributed by atoms with Gasteiger partial charge < -0.3 is 4.74 Å². The van der Waals surface area contributed by atoms with Gasteiger partial charge in [0.1, 0.15) is 0 Å². The van der Waals surface area contributed by atoms with Crippen LogP contribution in [0.25, 0.3) is 0 Å². The van der Waals surface area contributed by atoms with Gasteiger partial charge in [-0.1, -0.05) is 25.0 Å². The molecule has 0 spiro atoms. The van der Waals surface area contributed by atoms with Gasteiger partial charge in [-0.3, -0.25) is 4.79 Å². The van der Waals surface area contributed by atoms with E-state index in [-0.39, 0.29) is 5.97 Å². The van der Waals surface area contributed by atoms with E-state index in [0.29, 0.717) is 13.0 Å². The van der Waals surface area contributed by atoms with Gasteiger partial charge in [0.2, 0.25) is 0 Å². The fourth-order valence-electron chi connectivity index (χ4n) is 1.43. The van der Waals surface area contributed by atoms with E-state index in [4.69, 9.17) is 4.74 Å². The van der Waals surface area contributed by atoms with Crippen LogP contribution in [0.4, 0.5) is 0 Å². The molecule has 0 saturated carbocycles. The van der Waals surface area contributed by atoms with Crippen molar-refractivity contribution in [3.63, 3.8) is 0 Å². The van der Waals surface area contributed by atoms with Crippen molar-refractivity contribution in [2.24, 2.45) is 0 Å². The lowest BCUT2D eigenvalue weighted by molar-refractivity contribution is -0.143. The van der Waals surface area contributed by atoms with E-state index in [0.717, 1.165) is 19.3 Å². The van der Waals surface area contributed by atoms with Crippen LogP contribution in [-0.2, 0) is 9.53 Å². The molecule has 0 aliphatic carbocycles. The average Bonchev–Trinajstić information content (AvgIpc) is 2.11. The minimum Gasteiger partial charge on any atom is -0.465 e. The molecule has 0 N–H and O–H groups in total. The number of cyclic esters (lactones) is 1. The smallest absolute Gasteiger partial charge is 0.305 e. The minimum atomic E-state index is -0.0334. The Morgan fingerprint density at radius 3 is 2.69 bits per heavy atom. The van der Waals surface area contributed by atoms with Crippen molar-refractivity contribution in [3.8, 4) is 0 Å². The number of esters is 1. The molecule has 0 radical (unpaired) electrons. The summed E-state index contributed by atoms with van der Waals surface area (Å²) in [5, 5.41) is 0. The zero-order valence-corrected chi connectivity index (χ0v) is 8.13. The van der Waals surface area contributed by atoms with Gasteiger partial charge in [0.15, 0.2) is 0 Å². The standard InChI is InChI=1S/C11H18O2/c12-11-9-7-5-3-1-2-4-6-8-10-13-11/h4,6H,1-3,5,7-10H2/b6-4+. The molecule has 2 heteroatoms. The Hall–Kier alpha value is -0.790. The summed E-state index contributed by atoms with van der Waals surface area (Å²) in [6.07, 6.45) is 11.6. The first-order chi connectivity index (χ1) is 6.39. The van der Waals surface area contributed by atoms with Gasteiger partial charge in [0.25, 0.3) is 0 Å². The molecule has 1 rings (SSSR count). The molecule has 0 fully saturated rings. The summed E-state index contributed by atoms with van der Waals surface area (Å²) in [7, 11) is 0. The highest BCUT2D eigenvalue weighted by Gasteiger charge is 2.01. The van der Waals surface area contributed by atoms with Crippen LogP contribution in [0.15, 0.2) is 12.2 Å². The maximum Gasteiger partial charge on any atom is 0.305 e. The van der Waals surface area contributed by atoms with Gasteiger partial charge in [-0.05, 0) is 25.7 Å². The zero-order chi connectivity index (χ0) is 9.36. The van der Waals surface area contributed by atoms with Gasteiger partial charge in [-0.25, -0.2) is 0 Å². The third-order valence-corrected chi connectivity index (χ3v) is 2.22. The van der Waals surface area contributed by atoms with Crippen LogP contribution in [0.3, 0.4) is 0 Å². The van der Waals surface area contributed by atoms with Gasteiger partial charge in [0.05, 0.1) is 6.61 Å². The Balaban J connectivity index is 2.24. The molecule has 0 atom stereocenters. The summed E-state index contributed by atoms with van der Waals surface area (Å²) in [6.45, 7) is 0.551. The quantitative estimate of drug-likeness (QED) is 0.425. The molecule has 0 aromatic heterocycles. The maximum atomic E-state index is 11.1. The molecule has 74 valence electrons. The van der Waals surface area contributed by atoms with Crippen LogP contribution >= 0.6 is 0 Å². The van der Waals surface area contributed by atoms with Crippen molar-refractivity contribution < 1.29 is 9.53 Å². The van der Waals surface area contributed by atoms with E-state index in [2.05, 4.69) is 12.2 Å². The number of ether oxygens (including phenoxy) is 1. The van der Waals surface area contributed by atoms with Gasteiger partial charge in [-0.15, -0.1) is 0 Å². The van der Waals surface area contributed by atoms with Crippen molar-refractivity contribution in [2.45, 2.75) is 44.9 Å². The summed E-state index contributed by atoms with van der Waals surface area (Å²) < 4.78 is 5.02. The first-order valence-electron chi connectivity index (χ1n) is 5.20. The fraction of sp³-hybridized carbons (Fsp3) is 0.727. The Kier molecular flexibility index (Phi) is 5.30. The van der Waals surface area contributed by atoms with Crippen LogP contribution in [0.1, 0.15) is 44.9 Å². The largest absolute Gasteiger partial charge is 0.465 e. The fourth-order valence-corrected chi connectivity index (χ4v) is 1.43. The van der Waals surface area contributed by atoms with E-state index in [1.807, 2.05) is 0 Å². The van der Waals surface area contributed by atoms with Crippen LogP contribution in [0, 0.1) is 0 Å². The summed E-state index contributed by atoms with van der Waals surface area (Å²) in [6, 6.07) is 0. The molecule has 1 aliphatic heterocycles. The highest BCUT2D eigenvalue weighted by molar-refractivity contribution is 5.69. The molecule has 0 saturated heterocycles. The molecule has 0 aromatic carbocycles. The second-order valence-electron chi connectivity index (χ2n) is 3.43. The molecule has 1 aliphatic rings. The first-order valence-corrected chi connectivity index (χ1v) is 5.20. The molecule has 2 nitrogen and oxygen atoms in total. The summed E-state index contributed by atoms with van der Waals surface area (Å²) in [4.78, 5) is 11.1. The number of carbonyl (C=O) groups excluding carboxylic acids is 1. The number of carbonyl (C=O) groups is 1. The minimum absolute atomic E-state index is 0.0334. The summed E-state index contributed by atoms with van der Waals surface area (Å²) in [5.41, 5.74) is 0. The van der Waals surface area contributed by atoms with Crippen molar-refractivity contribution >= 4 is 5.97 Å².